The SMILES string of the molecule is Nc1cc2[nH]c(=O)cc(C(F)(F)F)c2cc1F. The summed E-state index contributed by atoms with van der Waals surface area (Å²) in [6.45, 7) is 0. The third-order valence-corrected chi connectivity index (χ3v) is 2.27. The van der Waals surface area contributed by atoms with Gasteiger partial charge in [-0.05, 0) is 12.1 Å². The molecule has 0 aliphatic rings. The van der Waals surface area contributed by atoms with Crippen molar-refractivity contribution in [1.82, 2.24) is 4.98 Å². The Hall–Kier alpha value is -2.05. The summed E-state index contributed by atoms with van der Waals surface area (Å²) >= 11 is 0. The second-order valence-electron chi connectivity index (χ2n) is 3.46. The van der Waals surface area contributed by atoms with Gasteiger partial charge in [0.1, 0.15) is 5.82 Å². The molecule has 0 radical (unpaired) electrons. The summed E-state index contributed by atoms with van der Waals surface area (Å²) in [7, 11) is 0. The third kappa shape index (κ3) is 1.95. The minimum absolute atomic E-state index is 0.149. The molecule has 1 aromatic carbocycles. The number of nitrogen functional groups attached to an aromatic ring is 1. The number of fused-ring (bicyclic) bond motifs is 1. The summed E-state index contributed by atoms with van der Waals surface area (Å²) < 4.78 is 51.0. The molecule has 90 valence electrons. The zero-order chi connectivity index (χ0) is 12.8. The van der Waals surface area contributed by atoms with Crippen LogP contribution in [-0.2, 0) is 6.18 Å². The molecule has 1 aromatic heterocycles. The van der Waals surface area contributed by atoms with E-state index in [1.54, 1.807) is 0 Å². The van der Waals surface area contributed by atoms with Gasteiger partial charge >= 0.3 is 6.18 Å². The molecule has 2 aromatic rings. The molecule has 0 amide bonds. The summed E-state index contributed by atoms with van der Waals surface area (Å²) in [6.07, 6.45) is -4.73. The molecule has 7 heteroatoms. The van der Waals surface area contributed by atoms with Crippen molar-refractivity contribution >= 4 is 16.6 Å². The standard InChI is InChI=1S/C10H6F4N2O/c11-6-1-4-5(10(12,13)14)2-9(17)16-8(4)3-7(6)15/h1-3H,15H2,(H,16,17). The largest absolute Gasteiger partial charge is 0.417 e. The van der Waals surface area contributed by atoms with Gasteiger partial charge in [-0.25, -0.2) is 4.39 Å². The fourth-order valence-corrected chi connectivity index (χ4v) is 1.53. The second kappa shape index (κ2) is 3.47. The van der Waals surface area contributed by atoms with Gasteiger partial charge in [-0.3, -0.25) is 4.79 Å². The van der Waals surface area contributed by atoms with Crippen LogP contribution in [0.5, 0.6) is 0 Å². The molecule has 0 unspecified atom stereocenters. The lowest BCUT2D eigenvalue weighted by molar-refractivity contribution is -0.136. The van der Waals surface area contributed by atoms with Gasteiger partial charge in [0, 0.05) is 11.5 Å². The van der Waals surface area contributed by atoms with Crippen molar-refractivity contribution in [3.63, 3.8) is 0 Å². The summed E-state index contributed by atoms with van der Waals surface area (Å²) in [6, 6.07) is 2.00. The average Bonchev–Trinajstić information content (AvgIpc) is 2.18. The van der Waals surface area contributed by atoms with E-state index in [0.717, 1.165) is 6.07 Å². The Morgan fingerprint density at radius 2 is 1.82 bits per heavy atom. The van der Waals surface area contributed by atoms with Gasteiger partial charge in [0.05, 0.1) is 16.8 Å². The lowest BCUT2D eigenvalue weighted by Crippen LogP contribution is -2.14. The van der Waals surface area contributed by atoms with Crippen molar-refractivity contribution in [2.45, 2.75) is 6.18 Å². The van der Waals surface area contributed by atoms with Crippen LogP contribution >= 0.6 is 0 Å². The predicted octanol–water partition coefficient (Wildman–Crippen LogP) is 2.27. The monoisotopic (exact) mass is 246 g/mol. The number of H-pyrrole nitrogens is 1. The minimum atomic E-state index is -4.73. The summed E-state index contributed by atoms with van der Waals surface area (Å²) in [5, 5.41) is -0.427. The Kier molecular flexibility index (Phi) is 2.34. The van der Waals surface area contributed by atoms with Crippen molar-refractivity contribution in [2.75, 3.05) is 5.73 Å². The molecule has 0 atom stereocenters. The molecule has 0 aliphatic heterocycles. The van der Waals surface area contributed by atoms with Gasteiger partial charge < -0.3 is 10.7 Å². The maximum absolute atomic E-state index is 13.1. The van der Waals surface area contributed by atoms with Crippen molar-refractivity contribution in [1.29, 1.82) is 0 Å². The summed E-state index contributed by atoms with van der Waals surface area (Å²) in [5.41, 5.74) is 2.64. The number of rotatable bonds is 0. The first kappa shape index (κ1) is 11.4. The number of aromatic amines is 1. The predicted molar refractivity (Wildman–Crippen MR) is 53.9 cm³/mol. The van der Waals surface area contributed by atoms with Crippen molar-refractivity contribution in [3.05, 3.63) is 39.9 Å². The molecule has 0 saturated carbocycles. The van der Waals surface area contributed by atoms with Crippen molar-refractivity contribution in [3.8, 4) is 0 Å². The molecule has 3 nitrogen and oxygen atoms in total. The van der Waals surface area contributed by atoms with Crippen LogP contribution in [-0.4, -0.2) is 4.98 Å². The molecule has 2 rings (SSSR count). The van der Waals surface area contributed by atoms with Crippen LogP contribution in [0.25, 0.3) is 10.9 Å². The Bertz CT molecular complexity index is 645. The van der Waals surface area contributed by atoms with Crippen LogP contribution in [0, 0.1) is 5.82 Å². The quantitative estimate of drug-likeness (QED) is 0.553. The van der Waals surface area contributed by atoms with Crippen LogP contribution in [0.2, 0.25) is 0 Å². The smallest absolute Gasteiger partial charge is 0.396 e. The molecular formula is C10H6F4N2O. The van der Waals surface area contributed by atoms with E-state index in [-0.39, 0.29) is 11.2 Å². The highest BCUT2D eigenvalue weighted by molar-refractivity contribution is 5.85. The molecule has 0 bridgehead atoms. The minimum Gasteiger partial charge on any atom is -0.396 e. The van der Waals surface area contributed by atoms with Gasteiger partial charge in [0.2, 0.25) is 5.56 Å². The number of pyridine rings is 1. The van der Waals surface area contributed by atoms with Gasteiger partial charge in [-0.1, -0.05) is 0 Å². The van der Waals surface area contributed by atoms with E-state index in [4.69, 9.17) is 5.73 Å². The Balaban J connectivity index is 2.93. The number of alkyl halides is 3. The highest BCUT2D eigenvalue weighted by Gasteiger charge is 2.33. The van der Waals surface area contributed by atoms with E-state index in [1.807, 2.05) is 0 Å². The number of aromatic nitrogens is 1. The molecule has 0 saturated heterocycles. The lowest BCUT2D eigenvalue weighted by Gasteiger charge is -2.10. The maximum atomic E-state index is 13.1. The topological polar surface area (TPSA) is 58.9 Å². The first-order valence-corrected chi connectivity index (χ1v) is 4.48. The highest BCUT2D eigenvalue weighted by Crippen LogP contribution is 2.34. The summed E-state index contributed by atoms with van der Waals surface area (Å²) in [5.74, 6) is -0.963. The Labute approximate surface area is 91.9 Å². The first-order chi connectivity index (χ1) is 7.79. The van der Waals surface area contributed by atoms with Gasteiger partial charge in [0.25, 0.3) is 0 Å². The van der Waals surface area contributed by atoms with Crippen molar-refractivity contribution in [2.24, 2.45) is 0 Å². The number of anilines is 1. The van der Waals surface area contributed by atoms with E-state index < -0.39 is 28.5 Å². The molecule has 1 heterocycles. The second-order valence-corrected chi connectivity index (χ2v) is 3.46. The number of nitrogens with one attached hydrogen (secondary N) is 1. The Morgan fingerprint density at radius 3 is 2.41 bits per heavy atom. The molecule has 0 aliphatic carbocycles. The van der Waals surface area contributed by atoms with Crippen molar-refractivity contribution < 1.29 is 17.6 Å². The molecule has 0 fully saturated rings. The zero-order valence-electron chi connectivity index (χ0n) is 8.23. The van der Waals surface area contributed by atoms with E-state index in [0.29, 0.717) is 12.1 Å². The zero-order valence-corrected chi connectivity index (χ0v) is 8.23. The number of benzene rings is 1. The number of hydrogen-bond acceptors (Lipinski definition) is 2. The molecular weight excluding hydrogens is 240 g/mol. The van der Waals surface area contributed by atoms with E-state index in [9.17, 15) is 22.4 Å². The van der Waals surface area contributed by atoms with E-state index in [1.165, 1.54) is 0 Å². The van der Waals surface area contributed by atoms with Gasteiger partial charge in [0.15, 0.2) is 0 Å². The number of nitrogens with two attached hydrogens (primary N) is 1. The number of hydrogen-bond donors (Lipinski definition) is 2. The molecule has 3 N–H and O–H groups in total. The Morgan fingerprint density at radius 1 is 1.18 bits per heavy atom. The number of halogens is 4. The van der Waals surface area contributed by atoms with Gasteiger partial charge in [-0.2, -0.15) is 13.2 Å². The van der Waals surface area contributed by atoms with E-state index >= 15 is 0 Å². The van der Waals surface area contributed by atoms with Crippen LogP contribution in [0.4, 0.5) is 23.2 Å². The maximum Gasteiger partial charge on any atom is 0.417 e. The average molecular weight is 246 g/mol. The normalized spacial score (nSPS) is 12.0. The lowest BCUT2D eigenvalue weighted by atomic mass is 10.1. The van der Waals surface area contributed by atoms with Gasteiger partial charge in [-0.15, -0.1) is 0 Å². The molecule has 17 heavy (non-hydrogen) atoms. The summed E-state index contributed by atoms with van der Waals surface area (Å²) in [4.78, 5) is 13.2. The van der Waals surface area contributed by atoms with Crippen LogP contribution in [0.1, 0.15) is 5.56 Å². The van der Waals surface area contributed by atoms with Crippen LogP contribution < -0.4 is 11.3 Å². The highest BCUT2D eigenvalue weighted by atomic mass is 19.4. The third-order valence-electron chi connectivity index (χ3n) is 2.27. The molecule has 0 spiro atoms. The van der Waals surface area contributed by atoms with Crippen LogP contribution in [0.3, 0.4) is 0 Å². The van der Waals surface area contributed by atoms with Crippen LogP contribution in [0.15, 0.2) is 23.0 Å². The van der Waals surface area contributed by atoms with E-state index in [2.05, 4.69) is 4.98 Å². The first-order valence-electron chi connectivity index (χ1n) is 4.48. The fraction of sp³-hybridized carbons (Fsp3) is 0.100. The fourth-order valence-electron chi connectivity index (χ4n) is 1.53.